The van der Waals surface area contributed by atoms with Crippen molar-refractivity contribution < 1.29 is 14.0 Å². The number of nitrogens with two attached hydrogens (primary N) is 1. The zero-order valence-electron chi connectivity index (χ0n) is 20.0. The maximum atomic E-state index is 13.0. The number of nitrogens with zero attached hydrogens (tertiary/aromatic N) is 3. The van der Waals surface area contributed by atoms with Gasteiger partial charge in [-0.25, -0.2) is 4.98 Å². The minimum atomic E-state index is -0.456. The van der Waals surface area contributed by atoms with Crippen molar-refractivity contribution in [2.75, 3.05) is 5.88 Å². The Morgan fingerprint density at radius 3 is 2.77 bits per heavy atom. The molecule has 4 rings (SSSR count). The number of aromatic nitrogens is 2. The predicted octanol–water partition coefficient (Wildman–Crippen LogP) is 4.50. The minimum absolute atomic E-state index is 0.156. The fraction of sp³-hybridized carbons (Fsp3) is 0.385. The SMILES string of the molecule is CCC(=O)CCCCC[C@@H](c1ncc(-c2cc3ccccc3n(C)c2=O)o1)N1C=C(C(N)=O)SC1. The average Bonchev–Trinajstić information content (AvgIpc) is 3.54. The number of hydrogen-bond acceptors (Lipinski definition) is 7. The highest BCUT2D eigenvalue weighted by Gasteiger charge is 2.28. The number of pyridine rings is 1. The lowest BCUT2D eigenvalue weighted by molar-refractivity contribution is -0.119. The highest BCUT2D eigenvalue weighted by Crippen LogP contribution is 2.36. The second-order valence-electron chi connectivity index (χ2n) is 8.70. The van der Waals surface area contributed by atoms with Gasteiger partial charge >= 0.3 is 0 Å². The third-order valence-corrected chi connectivity index (χ3v) is 7.37. The number of Topliss-reactive ketones (excluding diaryl/α,β-unsaturated/α-hetero) is 1. The molecule has 2 aromatic heterocycles. The monoisotopic (exact) mass is 494 g/mol. The highest BCUT2D eigenvalue weighted by atomic mass is 32.2. The molecule has 1 atom stereocenters. The van der Waals surface area contributed by atoms with Crippen LogP contribution in [0, 0.1) is 0 Å². The van der Waals surface area contributed by atoms with E-state index in [4.69, 9.17) is 10.2 Å². The summed E-state index contributed by atoms with van der Waals surface area (Å²) in [6.07, 6.45) is 7.89. The molecule has 1 aliphatic heterocycles. The quantitative estimate of drug-likeness (QED) is 0.391. The summed E-state index contributed by atoms with van der Waals surface area (Å²) in [6.45, 7) is 1.88. The van der Waals surface area contributed by atoms with E-state index in [0.717, 1.165) is 36.6 Å². The summed E-state index contributed by atoms with van der Waals surface area (Å²) in [5.74, 6) is 1.29. The first kappa shape index (κ1) is 24.8. The summed E-state index contributed by atoms with van der Waals surface area (Å²) >= 11 is 1.39. The molecule has 0 bridgehead atoms. The maximum absolute atomic E-state index is 13.0. The van der Waals surface area contributed by atoms with Crippen molar-refractivity contribution in [2.45, 2.75) is 51.5 Å². The van der Waals surface area contributed by atoms with Crippen molar-refractivity contribution in [2.24, 2.45) is 12.8 Å². The van der Waals surface area contributed by atoms with E-state index >= 15 is 0 Å². The van der Waals surface area contributed by atoms with E-state index < -0.39 is 5.91 Å². The third-order valence-electron chi connectivity index (χ3n) is 6.33. The van der Waals surface area contributed by atoms with Crippen molar-refractivity contribution in [1.29, 1.82) is 0 Å². The van der Waals surface area contributed by atoms with Gasteiger partial charge in [0, 0.05) is 26.1 Å². The number of fused-ring (bicyclic) bond motifs is 1. The normalized spacial score (nSPS) is 14.3. The van der Waals surface area contributed by atoms with Crippen LogP contribution in [0.3, 0.4) is 0 Å². The topological polar surface area (TPSA) is 111 Å². The van der Waals surface area contributed by atoms with E-state index in [1.807, 2.05) is 42.2 Å². The molecule has 2 N–H and O–H groups in total. The second kappa shape index (κ2) is 10.9. The Labute approximate surface area is 208 Å². The fourth-order valence-electron chi connectivity index (χ4n) is 4.29. The number of ketones is 1. The third kappa shape index (κ3) is 5.51. The number of thioether (sulfide) groups is 1. The van der Waals surface area contributed by atoms with Crippen LogP contribution in [0.5, 0.6) is 0 Å². The van der Waals surface area contributed by atoms with Gasteiger partial charge in [0.1, 0.15) is 11.8 Å². The fourth-order valence-corrected chi connectivity index (χ4v) is 5.19. The molecule has 184 valence electrons. The molecule has 9 heteroatoms. The number of para-hydroxylation sites is 1. The first-order chi connectivity index (χ1) is 16.9. The van der Waals surface area contributed by atoms with Crippen molar-refractivity contribution in [1.82, 2.24) is 14.5 Å². The molecular weight excluding hydrogens is 464 g/mol. The Balaban J connectivity index is 1.59. The molecular formula is C26H30N4O4S. The van der Waals surface area contributed by atoms with Gasteiger partial charge in [0.2, 0.25) is 5.89 Å². The number of benzene rings is 1. The van der Waals surface area contributed by atoms with Crippen molar-refractivity contribution in [3.63, 3.8) is 0 Å². The minimum Gasteiger partial charge on any atom is -0.438 e. The number of oxazole rings is 1. The molecule has 35 heavy (non-hydrogen) atoms. The summed E-state index contributed by atoms with van der Waals surface area (Å²) in [5.41, 5.74) is 6.61. The van der Waals surface area contributed by atoms with E-state index in [0.29, 0.717) is 40.8 Å². The molecule has 0 aliphatic carbocycles. The van der Waals surface area contributed by atoms with E-state index in [1.54, 1.807) is 24.0 Å². The Kier molecular flexibility index (Phi) is 7.75. The first-order valence-corrected chi connectivity index (χ1v) is 12.8. The Morgan fingerprint density at radius 2 is 2.03 bits per heavy atom. The molecule has 8 nitrogen and oxygen atoms in total. The van der Waals surface area contributed by atoms with Crippen LogP contribution in [0.4, 0.5) is 0 Å². The lowest BCUT2D eigenvalue weighted by Gasteiger charge is -2.24. The maximum Gasteiger partial charge on any atom is 0.261 e. The first-order valence-electron chi connectivity index (χ1n) is 11.9. The van der Waals surface area contributed by atoms with Gasteiger partial charge < -0.3 is 19.6 Å². The number of unbranched alkanes of at least 4 members (excludes halogenated alkanes) is 2. The summed E-state index contributed by atoms with van der Waals surface area (Å²) in [4.78, 5) is 43.3. The molecule has 0 fully saturated rings. The largest absolute Gasteiger partial charge is 0.438 e. The molecule has 3 aromatic rings. The van der Waals surface area contributed by atoms with Crippen LogP contribution in [0.25, 0.3) is 22.2 Å². The molecule has 0 radical (unpaired) electrons. The number of amides is 1. The van der Waals surface area contributed by atoms with Gasteiger partial charge in [-0.15, -0.1) is 0 Å². The van der Waals surface area contributed by atoms with Crippen LogP contribution in [0.2, 0.25) is 0 Å². The van der Waals surface area contributed by atoms with Crippen LogP contribution in [-0.4, -0.2) is 32.0 Å². The Hall–Kier alpha value is -3.33. The van der Waals surface area contributed by atoms with Gasteiger partial charge in [0.25, 0.3) is 11.5 Å². The van der Waals surface area contributed by atoms with E-state index in [1.165, 1.54) is 11.8 Å². The Morgan fingerprint density at radius 1 is 1.23 bits per heavy atom. The van der Waals surface area contributed by atoms with E-state index in [-0.39, 0.29) is 17.4 Å². The van der Waals surface area contributed by atoms with Crippen LogP contribution in [0.1, 0.15) is 57.4 Å². The van der Waals surface area contributed by atoms with Gasteiger partial charge in [0.05, 0.1) is 28.1 Å². The highest BCUT2D eigenvalue weighted by molar-refractivity contribution is 8.04. The summed E-state index contributed by atoms with van der Waals surface area (Å²) in [5, 5.41) is 0.936. The molecule has 0 saturated heterocycles. The van der Waals surface area contributed by atoms with Crippen molar-refractivity contribution in [3.05, 3.63) is 63.9 Å². The predicted molar refractivity (Wildman–Crippen MR) is 137 cm³/mol. The molecule has 1 aromatic carbocycles. The Bertz CT molecular complexity index is 1330. The number of carbonyl (C=O) groups excluding carboxylic acids is 2. The number of carbonyl (C=O) groups is 2. The molecule has 3 heterocycles. The number of hydrogen-bond donors (Lipinski definition) is 1. The summed E-state index contributed by atoms with van der Waals surface area (Å²) in [6, 6.07) is 9.32. The number of primary amides is 1. The van der Waals surface area contributed by atoms with Crippen LogP contribution >= 0.6 is 11.8 Å². The van der Waals surface area contributed by atoms with Crippen LogP contribution in [-0.2, 0) is 16.6 Å². The summed E-state index contributed by atoms with van der Waals surface area (Å²) in [7, 11) is 1.75. The second-order valence-corrected chi connectivity index (χ2v) is 9.68. The van der Waals surface area contributed by atoms with Gasteiger partial charge in [-0.3, -0.25) is 14.4 Å². The van der Waals surface area contributed by atoms with Crippen molar-refractivity contribution >= 4 is 34.4 Å². The molecule has 0 unspecified atom stereocenters. The standard InChI is InChI=1S/C26H30N4O4S/c1-3-18(31)10-5-4-6-12-21(30-15-23(24(27)32)35-16-30)25-28-14-22(34-25)19-13-17-9-7-8-11-20(17)29(2)26(19)33/h7-9,11,13-15,21H,3-6,10,12,16H2,1-2H3,(H2,27,32)/t21-/m0/s1. The molecule has 1 amide bonds. The zero-order chi connectivity index (χ0) is 24.9. The average molecular weight is 495 g/mol. The van der Waals surface area contributed by atoms with Crippen LogP contribution < -0.4 is 11.3 Å². The van der Waals surface area contributed by atoms with Gasteiger partial charge in [-0.1, -0.05) is 49.7 Å². The summed E-state index contributed by atoms with van der Waals surface area (Å²) < 4.78 is 7.77. The van der Waals surface area contributed by atoms with Crippen LogP contribution in [0.15, 0.2) is 56.8 Å². The zero-order valence-corrected chi connectivity index (χ0v) is 20.8. The molecule has 0 spiro atoms. The lowest BCUT2D eigenvalue weighted by atomic mass is 10.0. The van der Waals surface area contributed by atoms with E-state index in [9.17, 15) is 14.4 Å². The number of rotatable bonds is 11. The molecule has 0 saturated carbocycles. The molecule has 1 aliphatic rings. The lowest BCUT2D eigenvalue weighted by Crippen LogP contribution is -2.21. The van der Waals surface area contributed by atoms with Gasteiger partial charge in [0.15, 0.2) is 5.76 Å². The number of aryl methyl sites for hydroxylation is 1. The van der Waals surface area contributed by atoms with Crippen molar-refractivity contribution in [3.8, 4) is 11.3 Å². The van der Waals surface area contributed by atoms with Gasteiger partial charge in [-0.05, 0) is 30.4 Å². The van der Waals surface area contributed by atoms with Gasteiger partial charge in [-0.2, -0.15) is 0 Å². The smallest absolute Gasteiger partial charge is 0.261 e. The van der Waals surface area contributed by atoms with E-state index in [2.05, 4.69) is 4.98 Å².